The van der Waals surface area contributed by atoms with Crippen LogP contribution in [-0.4, -0.2) is 58.6 Å². The number of nitrogens with zero attached hydrogens (tertiary/aromatic N) is 1. The first-order valence-electron chi connectivity index (χ1n) is 8.21. The van der Waals surface area contributed by atoms with Crippen molar-refractivity contribution in [1.82, 2.24) is 10.2 Å². The molecular weight excluding hydrogens is 337 g/mol. The minimum atomic E-state index is -4.20. The number of alkyl halides is 3. The quantitative estimate of drug-likeness (QED) is 0.808. The molecule has 0 aliphatic carbocycles. The average Bonchev–Trinajstić information content (AvgIpc) is 2.61. The Morgan fingerprint density at radius 1 is 1.04 bits per heavy atom. The molecule has 1 aliphatic rings. The highest BCUT2D eigenvalue weighted by Crippen LogP contribution is 2.45. The number of rotatable bonds is 7. The van der Waals surface area contributed by atoms with Crippen LogP contribution in [0.3, 0.4) is 0 Å². The van der Waals surface area contributed by atoms with E-state index in [1.165, 1.54) is 21.3 Å². The van der Waals surface area contributed by atoms with Gasteiger partial charge in [-0.05, 0) is 18.6 Å². The number of benzene rings is 1. The van der Waals surface area contributed by atoms with Gasteiger partial charge >= 0.3 is 6.18 Å². The summed E-state index contributed by atoms with van der Waals surface area (Å²) >= 11 is 0. The molecule has 1 aliphatic heterocycles. The Bertz CT molecular complexity index is 561. The highest BCUT2D eigenvalue weighted by atomic mass is 19.4. The van der Waals surface area contributed by atoms with E-state index >= 15 is 0 Å². The molecular formula is C17H25F3N2O3. The van der Waals surface area contributed by atoms with Gasteiger partial charge in [-0.2, -0.15) is 13.2 Å². The van der Waals surface area contributed by atoms with E-state index in [9.17, 15) is 13.2 Å². The summed E-state index contributed by atoms with van der Waals surface area (Å²) in [4.78, 5) is 2.06. The third-order valence-electron chi connectivity index (χ3n) is 4.39. The Balaban J connectivity index is 2.41. The van der Waals surface area contributed by atoms with E-state index in [2.05, 4.69) is 10.2 Å². The second kappa shape index (κ2) is 8.62. The minimum Gasteiger partial charge on any atom is -0.493 e. The van der Waals surface area contributed by atoms with E-state index in [4.69, 9.17) is 14.2 Å². The first-order chi connectivity index (χ1) is 11.9. The van der Waals surface area contributed by atoms with Gasteiger partial charge < -0.3 is 19.5 Å². The number of hydrogen-bond acceptors (Lipinski definition) is 5. The summed E-state index contributed by atoms with van der Waals surface area (Å²) < 4.78 is 54.6. The largest absolute Gasteiger partial charge is 0.493 e. The molecule has 0 saturated carbocycles. The predicted molar refractivity (Wildman–Crippen MR) is 88.6 cm³/mol. The number of methoxy groups -OCH3 is 3. The molecule has 0 unspecified atom stereocenters. The maximum absolute atomic E-state index is 12.8. The molecule has 1 heterocycles. The van der Waals surface area contributed by atoms with Gasteiger partial charge in [-0.3, -0.25) is 4.90 Å². The zero-order valence-electron chi connectivity index (χ0n) is 14.8. The zero-order valence-corrected chi connectivity index (χ0v) is 14.8. The summed E-state index contributed by atoms with van der Waals surface area (Å²) in [6, 6.07) is 3.07. The van der Waals surface area contributed by atoms with Gasteiger partial charge in [0, 0.05) is 44.2 Å². The lowest BCUT2D eigenvalue weighted by Crippen LogP contribution is -2.45. The van der Waals surface area contributed by atoms with E-state index in [1.54, 1.807) is 12.1 Å². The smallest absolute Gasteiger partial charge is 0.389 e. The second-order valence-corrected chi connectivity index (χ2v) is 5.88. The van der Waals surface area contributed by atoms with Crippen molar-refractivity contribution in [3.05, 3.63) is 17.7 Å². The second-order valence-electron chi connectivity index (χ2n) is 5.88. The van der Waals surface area contributed by atoms with Gasteiger partial charge in [0.15, 0.2) is 11.5 Å². The molecule has 2 rings (SSSR count). The normalized spacial score (nSPS) is 17.2. The van der Waals surface area contributed by atoms with Gasteiger partial charge in [-0.25, -0.2) is 0 Å². The standard InChI is InChI=1S/C17H25F3N2O3/c1-23-14-5-4-12(15(24-2)16(14)25-3)13(6-7-17(18,19)20)22-10-8-21-9-11-22/h4-5,13,21H,6-11H2,1-3H3/t13-/m0/s1. The summed E-state index contributed by atoms with van der Waals surface area (Å²) in [5.74, 6) is 1.31. The van der Waals surface area contributed by atoms with Gasteiger partial charge in [0.05, 0.1) is 21.3 Å². The fourth-order valence-corrected chi connectivity index (χ4v) is 3.22. The van der Waals surface area contributed by atoms with Crippen LogP contribution < -0.4 is 19.5 Å². The van der Waals surface area contributed by atoms with Crippen molar-refractivity contribution in [2.45, 2.75) is 25.1 Å². The van der Waals surface area contributed by atoms with Crippen molar-refractivity contribution >= 4 is 0 Å². The van der Waals surface area contributed by atoms with Crippen molar-refractivity contribution in [2.24, 2.45) is 0 Å². The summed E-state index contributed by atoms with van der Waals surface area (Å²) in [5.41, 5.74) is 0.686. The van der Waals surface area contributed by atoms with Crippen LogP contribution in [0, 0.1) is 0 Å². The van der Waals surface area contributed by atoms with E-state index in [1.807, 2.05) is 0 Å². The summed E-state index contributed by atoms with van der Waals surface area (Å²) in [6.45, 7) is 2.86. The molecule has 1 fully saturated rings. The molecule has 5 nitrogen and oxygen atoms in total. The molecule has 1 aromatic carbocycles. The van der Waals surface area contributed by atoms with E-state index < -0.39 is 18.6 Å². The van der Waals surface area contributed by atoms with Gasteiger partial charge in [0.1, 0.15) is 0 Å². The van der Waals surface area contributed by atoms with E-state index in [0.717, 1.165) is 13.1 Å². The molecule has 8 heteroatoms. The van der Waals surface area contributed by atoms with Crippen LogP contribution in [0.15, 0.2) is 12.1 Å². The zero-order chi connectivity index (χ0) is 18.4. The van der Waals surface area contributed by atoms with Gasteiger partial charge in [-0.15, -0.1) is 0 Å². The van der Waals surface area contributed by atoms with Gasteiger partial charge in [0.2, 0.25) is 5.75 Å². The molecule has 1 aromatic rings. The number of ether oxygens (including phenoxy) is 3. The van der Waals surface area contributed by atoms with Crippen LogP contribution >= 0.6 is 0 Å². The van der Waals surface area contributed by atoms with Crippen molar-refractivity contribution in [3.63, 3.8) is 0 Å². The third-order valence-corrected chi connectivity index (χ3v) is 4.39. The number of piperazine rings is 1. The molecule has 1 N–H and O–H groups in total. The average molecular weight is 362 g/mol. The summed E-state index contributed by atoms with van der Waals surface area (Å²) in [6.07, 6.45) is -5.08. The minimum absolute atomic E-state index is 0.0324. The van der Waals surface area contributed by atoms with Crippen LogP contribution in [0.1, 0.15) is 24.4 Å². The van der Waals surface area contributed by atoms with Gasteiger partial charge in [-0.1, -0.05) is 0 Å². The Morgan fingerprint density at radius 2 is 1.68 bits per heavy atom. The maximum atomic E-state index is 12.8. The Kier molecular flexibility index (Phi) is 6.78. The van der Waals surface area contributed by atoms with Crippen molar-refractivity contribution < 1.29 is 27.4 Å². The van der Waals surface area contributed by atoms with Crippen LogP contribution in [0.2, 0.25) is 0 Å². The molecule has 0 radical (unpaired) electrons. The lowest BCUT2D eigenvalue weighted by molar-refractivity contribution is -0.138. The Hall–Kier alpha value is -1.67. The van der Waals surface area contributed by atoms with Crippen molar-refractivity contribution in [2.75, 3.05) is 47.5 Å². The van der Waals surface area contributed by atoms with Crippen LogP contribution in [0.4, 0.5) is 13.2 Å². The van der Waals surface area contributed by atoms with E-state index in [-0.39, 0.29) is 6.42 Å². The SMILES string of the molecule is COc1ccc([C@H](CCC(F)(F)F)N2CCNCC2)c(OC)c1OC. The highest BCUT2D eigenvalue weighted by Gasteiger charge is 2.33. The Morgan fingerprint density at radius 3 is 2.20 bits per heavy atom. The summed E-state index contributed by atoms with van der Waals surface area (Å²) in [7, 11) is 4.48. The number of halogens is 3. The first kappa shape index (κ1) is 19.7. The van der Waals surface area contributed by atoms with Crippen LogP contribution in [-0.2, 0) is 0 Å². The molecule has 1 saturated heterocycles. The topological polar surface area (TPSA) is 43.0 Å². The monoisotopic (exact) mass is 362 g/mol. The first-order valence-corrected chi connectivity index (χ1v) is 8.21. The van der Waals surface area contributed by atoms with Gasteiger partial charge in [0.25, 0.3) is 0 Å². The third kappa shape index (κ3) is 4.92. The molecule has 0 spiro atoms. The molecule has 0 amide bonds. The fraction of sp³-hybridized carbons (Fsp3) is 0.647. The highest BCUT2D eigenvalue weighted by molar-refractivity contribution is 5.56. The molecule has 0 bridgehead atoms. The lowest BCUT2D eigenvalue weighted by Gasteiger charge is -2.36. The molecule has 0 aromatic heterocycles. The lowest BCUT2D eigenvalue weighted by atomic mass is 9.97. The molecule has 142 valence electrons. The van der Waals surface area contributed by atoms with Crippen molar-refractivity contribution in [1.29, 1.82) is 0 Å². The predicted octanol–water partition coefficient (Wildman–Crippen LogP) is 3.00. The molecule has 25 heavy (non-hydrogen) atoms. The van der Waals surface area contributed by atoms with Crippen molar-refractivity contribution in [3.8, 4) is 17.2 Å². The fourth-order valence-electron chi connectivity index (χ4n) is 3.22. The molecule has 1 atom stereocenters. The number of hydrogen-bond donors (Lipinski definition) is 1. The van der Waals surface area contributed by atoms with E-state index in [0.29, 0.717) is 35.9 Å². The Labute approximate surface area is 146 Å². The maximum Gasteiger partial charge on any atom is 0.389 e. The van der Waals surface area contributed by atoms with Crippen LogP contribution in [0.5, 0.6) is 17.2 Å². The van der Waals surface area contributed by atoms with Crippen LogP contribution in [0.25, 0.3) is 0 Å². The number of nitrogens with one attached hydrogen (secondary N) is 1. The summed E-state index contributed by atoms with van der Waals surface area (Å²) in [5, 5.41) is 3.22.